The number of rotatable bonds is 5. The van der Waals surface area contributed by atoms with E-state index in [4.69, 9.17) is 34.8 Å². The normalized spacial score (nSPS) is 16.2. The van der Waals surface area contributed by atoms with Crippen molar-refractivity contribution in [3.8, 4) is 0 Å². The lowest BCUT2D eigenvalue weighted by Gasteiger charge is -2.30. The molecule has 1 saturated heterocycles. The molecule has 0 saturated carbocycles. The molecule has 32 heavy (non-hydrogen) atoms. The molecule has 0 radical (unpaired) electrons. The molecule has 1 heterocycles. The Labute approximate surface area is 198 Å². The molecular formula is C20H18Cl3F3N2O3S. The van der Waals surface area contributed by atoms with Gasteiger partial charge in [-0.25, -0.2) is 12.7 Å². The molecule has 0 aliphatic carbocycles. The first-order valence-electron chi connectivity index (χ1n) is 9.46. The van der Waals surface area contributed by atoms with Crippen LogP contribution in [0.4, 0.5) is 18.9 Å². The first kappa shape index (κ1) is 25.1. The number of benzene rings is 2. The molecule has 2 aromatic rings. The third kappa shape index (κ3) is 6.08. The minimum atomic E-state index is -4.57. The van der Waals surface area contributed by atoms with Crippen molar-refractivity contribution in [2.75, 3.05) is 18.4 Å². The molecule has 5 nitrogen and oxygen atoms in total. The Morgan fingerprint density at radius 2 is 1.62 bits per heavy atom. The molecule has 1 aliphatic rings. The number of amides is 1. The quantitative estimate of drug-likeness (QED) is 0.529. The van der Waals surface area contributed by atoms with Crippen LogP contribution in [-0.4, -0.2) is 31.7 Å². The van der Waals surface area contributed by atoms with Gasteiger partial charge in [0, 0.05) is 19.0 Å². The van der Waals surface area contributed by atoms with Gasteiger partial charge in [0.15, 0.2) is 0 Å². The van der Waals surface area contributed by atoms with E-state index < -0.39 is 33.6 Å². The zero-order chi connectivity index (χ0) is 23.7. The summed E-state index contributed by atoms with van der Waals surface area (Å²) in [6.45, 7) is 0.218. The number of piperidine rings is 1. The largest absolute Gasteiger partial charge is 0.416 e. The topological polar surface area (TPSA) is 66.5 Å². The lowest BCUT2D eigenvalue weighted by molar-refractivity contribution is -0.137. The number of halogens is 6. The van der Waals surface area contributed by atoms with Crippen molar-refractivity contribution >= 4 is 56.4 Å². The summed E-state index contributed by atoms with van der Waals surface area (Å²) >= 11 is 17.7. The Balaban J connectivity index is 1.61. The molecule has 174 valence electrons. The van der Waals surface area contributed by atoms with Gasteiger partial charge in [-0.05, 0) is 48.7 Å². The standard InChI is InChI=1S/C20H18Cl3F3N2O3S/c21-15-3-1-12(9-17(15)23)11-32(30,31)28-7-5-13(6-8-28)19(29)27-18-10-14(20(24,25)26)2-4-16(18)22/h1-4,9-10,13H,5-8,11H2,(H,27,29). The van der Waals surface area contributed by atoms with Crippen molar-refractivity contribution in [1.82, 2.24) is 4.31 Å². The number of carbonyl (C=O) groups excluding carboxylic acids is 1. The Kier molecular flexibility index (Phi) is 7.66. The Morgan fingerprint density at radius 1 is 1.00 bits per heavy atom. The van der Waals surface area contributed by atoms with E-state index >= 15 is 0 Å². The Morgan fingerprint density at radius 3 is 2.22 bits per heavy atom. The highest BCUT2D eigenvalue weighted by Crippen LogP contribution is 2.34. The van der Waals surface area contributed by atoms with Crippen LogP contribution in [0.3, 0.4) is 0 Å². The summed E-state index contributed by atoms with van der Waals surface area (Å²) in [4.78, 5) is 12.6. The predicted octanol–water partition coefficient (Wildman–Crippen LogP) is 5.85. The number of carbonyl (C=O) groups is 1. The molecule has 1 aliphatic heterocycles. The second-order valence-electron chi connectivity index (χ2n) is 7.36. The van der Waals surface area contributed by atoms with Gasteiger partial charge in [-0.15, -0.1) is 0 Å². The summed E-state index contributed by atoms with van der Waals surface area (Å²) in [7, 11) is -3.65. The first-order valence-corrected chi connectivity index (χ1v) is 12.2. The van der Waals surface area contributed by atoms with Gasteiger partial charge in [0.25, 0.3) is 0 Å². The molecule has 0 bridgehead atoms. The van der Waals surface area contributed by atoms with Crippen LogP contribution in [-0.2, 0) is 26.7 Å². The van der Waals surface area contributed by atoms with Gasteiger partial charge in [0.05, 0.1) is 32.1 Å². The van der Waals surface area contributed by atoms with Crippen molar-refractivity contribution in [2.24, 2.45) is 5.92 Å². The van der Waals surface area contributed by atoms with Gasteiger partial charge in [0.1, 0.15) is 0 Å². The Hall–Kier alpha value is -1.52. The van der Waals surface area contributed by atoms with Gasteiger partial charge >= 0.3 is 6.18 Å². The van der Waals surface area contributed by atoms with E-state index in [1.54, 1.807) is 6.07 Å². The van der Waals surface area contributed by atoms with E-state index in [-0.39, 0.29) is 47.4 Å². The van der Waals surface area contributed by atoms with Crippen LogP contribution in [0.2, 0.25) is 15.1 Å². The molecule has 1 amide bonds. The first-order chi connectivity index (χ1) is 14.9. The van der Waals surface area contributed by atoms with Crippen molar-refractivity contribution < 1.29 is 26.4 Å². The van der Waals surface area contributed by atoms with Crippen LogP contribution in [0.15, 0.2) is 36.4 Å². The van der Waals surface area contributed by atoms with Crippen LogP contribution >= 0.6 is 34.8 Å². The zero-order valence-electron chi connectivity index (χ0n) is 16.4. The van der Waals surface area contributed by atoms with Gasteiger partial charge < -0.3 is 5.32 Å². The maximum absolute atomic E-state index is 12.9. The third-order valence-electron chi connectivity index (χ3n) is 5.10. The summed E-state index contributed by atoms with van der Waals surface area (Å²) in [6.07, 6.45) is -4.12. The number of anilines is 1. The van der Waals surface area contributed by atoms with E-state index in [0.717, 1.165) is 18.2 Å². The summed E-state index contributed by atoms with van der Waals surface area (Å²) in [5.41, 5.74) is -0.583. The fourth-order valence-electron chi connectivity index (χ4n) is 3.36. The van der Waals surface area contributed by atoms with Gasteiger partial charge in [-0.3, -0.25) is 4.79 Å². The zero-order valence-corrected chi connectivity index (χ0v) is 19.5. The molecule has 0 unspecified atom stereocenters. The van der Waals surface area contributed by atoms with Crippen molar-refractivity contribution in [2.45, 2.75) is 24.8 Å². The molecule has 0 spiro atoms. The lowest BCUT2D eigenvalue weighted by Crippen LogP contribution is -2.41. The number of sulfonamides is 1. The van der Waals surface area contributed by atoms with E-state index in [0.29, 0.717) is 10.6 Å². The van der Waals surface area contributed by atoms with Crippen LogP contribution in [0.5, 0.6) is 0 Å². The summed E-state index contributed by atoms with van der Waals surface area (Å²) in [5, 5.41) is 2.98. The molecule has 2 aromatic carbocycles. The predicted molar refractivity (Wildman–Crippen MR) is 118 cm³/mol. The summed E-state index contributed by atoms with van der Waals surface area (Å²) in [5.74, 6) is -1.33. The van der Waals surface area contributed by atoms with Crippen LogP contribution in [0.1, 0.15) is 24.0 Å². The number of nitrogens with one attached hydrogen (secondary N) is 1. The second kappa shape index (κ2) is 9.77. The van der Waals surface area contributed by atoms with Gasteiger partial charge in [-0.2, -0.15) is 13.2 Å². The molecule has 12 heteroatoms. The second-order valence-corrected chi connectivity index (χ2v) is 10.6. The molecule has 3 rings (SSSR count). The van der Waals surface area contributed by atoms with E-state index in [9.17, 15) is 26.4 Å². The number of nitrogens with zero attached hydrogens (tertiary/aromatic N) is 1. The summed E-state index contributed by atoms with van der Waals surface area (Å²) < 4.78 is 65.5. The minimum Gasteiger partial charge on any atom is -0.325 e. The fraction of sp³-hybridized carbons (Fsp3) is 0.350. The van der Waals surface area contributed by atoms with E-state index in [1.807, 2.05) is 0 Å². The Bertz CT molecular complexity index is 1120. The maximum atomic E-state index is 12.9. The SMILES string of the molecule is O=C(Nc1cc(C(F)(F)F)ccc1Cl)C1CCN(S(=O)(=O)Cc2ccc(Cl)c(Cl)c2)CC1. The van der Waals surface area contributed by atoms with Crippen molar-refractivity contribution in [3.05, 3.63) is 62.6 Å². The molecular weight excluding hydrogens is 512 g/mol. The van der Waals surface area contributed by atoms with Crippen LogP contribution < -0.4 is 5.32 Å². The maximum Gasteiger partial charge on any atom is 0.416 e. The van der Waals surface area contributed by atoms with Crippen molar-refractivity contribution in [1.29, 1.82) is 0 Å². The molecule has 1 fully saturated rings. The molecule has 0 atom stereocenters. The monoisotopic (exact) mass is 528 g/mol. The number of alkyl halides is 3. The lowest BCUT2D eigenvalue weighted by atomic mass is 9.97. The smallest absolute Gasteiger partial charge is 0.325 e. The highest BCUT2D eigenvalue weighted by Gasteiger charge is 2.33. The highest BCUT2D eigenvalue weighted by molar-refractivity contribution is 7.88. The highest BCUT2D eigenvalue weighted by atomic mass is 35.5. The van der Waals surface area contributed by atoms with E-state index in [2.05, 4.69) is 5.32 Å². The van der Waals surface area contributed by atoms with Crippen LogP contribution in [0, 0.1) is 5.92 Å². The fourth-order valence-corrected chi connectivity index (χ4v) is 5.40. The third-order valence-corrected chi connectivity index (χ3v) is 8.02. The van der Waals surface area contributed by atoms with E-state index in [1.165, 1.54) is 16.4 Å². The average molecular weight is 530 g/mol. The number of hydrogen-bond donors (Lipinski definition) is 1. The van der Waals surface area contributed by atoms with Gasteiger partial charge in [-0.1, -0.05) is 40.9 Å². The molecule has 1 N–H and O–H groups in total. The van der Waals surface area contributed by atoms with Gasteiger partial charge in [0.2, 0.25) is 15.9 Å². The average Bonchev–Trinajstić information content (AvgIpc) is 2.71. The number of hydrogen-bond acceptors (Lipinski definition) is 3. The van der Waals surface area contributed by atoms with Crippen LogP contribution in [0.25, 0.3) is 0 Å². The van der Waals surface area contributed by atoms with Crippen molar-refractivity contribution in [3.63, 3.8) is 0 Å². The molecule has 0 aromatic heterocycles. The minimum absolute atomic E-state index is 0.0204. The summed E-state index contributed by atoms with van der Waals surface area (Å²) in [6, 6.07) is 7.25.